The number of benzene rings is 2. The molecular formula is C13H9NO5S. The Morgan fingerprint density at radius 3 is 2.50 bits per heavy atom. The molecule has 3 rings (SSSR count). The third-order valence-corrected chi connectivity index (χ3v) is 3.43. The van der Waals surface area contributed by atoms with Crippen LogP contribution in [-0.4, -0.2) is 26.5 Å². The molecule has 20 heavy (non-hydrogen) atoms. The van der Waals surface area contributed by atoms with Gasteiger partial charge in [0.15, 0.2) is 5.75 Å². The number of imide groups is 1. The fraction of sp³-hybridized carbons (Fsp3) is 0.0769. The van der Waals surface area contributed by atoms with E-state index in [0.717, 1.165) is 6.26 Å². The van der Waals surface area contributed by atoms with Crippen LogP contribution in [0.2, 0.25) is 0 Å². The van der Waals surface area contributed by atoms with Crippen molar-refractivity contribution in [2.24, 2.45) is 0 Å². The van der Waals surface area contributed by atoms with E-state index < -0.39 is 21.9 Å². The summed E-state index contributed by atoms with van der Waals surface area (Å²) < 4.78 is 27.3. The zero-order valence-electron chi connectivity index (χ0n) is 10.3. The van der Waals surface area contributed by atoms with Crippen LogP contribution in [0.5, 0.6) is 5.75 Å². The van der Waals surface area contributed by atoms with Crippen LogP contribution in [0, 0.1) is 0 Å². The lowest BCUT2D eigenvalue weighted by atomic mass is 9.94. The lowest BCUT2D eigenvalue weighted by Gasteiger charge is -2.18. The van der Waals surface area contributed by atoms with Gasteiger partial charge in [-0.3, -0.25) is 14.9 Å². The summed E-state index contributed by atoms with van der Waals surface area (Å²) in [5, 5.41) is 3.24. The minimum absolute atomic E-state index is 0.0584. The molecule has 2 amide bonds. The maximum absolute atomic E-state index is 12.0. The van der Waals surface area contributed by atoms with E-state index in [-0.39, 0.29) is 11.3 Å². The molecule has 6 nitrogen and oxygen atoms in total. The normalized spacial score (nSPS) is 14.2. The van der Waals surface area contributed by atoms with Crippen molar-refractivity contribution < 1.29 is 22.2 Å². The van der Waals surface area contributed by atoms with Crippen LogP contribution in [0.4, 0.5) is 0 Å². The maximum Gasteiger partial charge on any atom is 0.306 e. The number of hydrogen-bond donors (Lipinski definition) is 1. The van der Waals surface area contributed by atoms with Gasteiger partial charge in [-0.05, 0) is 17.5 Å². The summed E-state index contributed by atoms with van der Waals surface area (Å²) in [6.45, 7) is 0. The molecule has 0 saturated carbocycles. The van der Waals surface area contributed by atoms with Gasteiger partial charge in [0.05, 0.1) is 11.8 Å². The largest absolute Gasteiger partial charge is 0.382 e. The molecule has 0 aromatic heterocycles. The summed E-state index contributed by atoms with van der Waals surface area (Å²) >= 11 is 0. The average molecular weight is 291 g/mol. The summed E-state index contributed by atoms with van der Waals surface area (Å²) in [5.41, 5.74) is 0.374. The highest BCUT2D eigenvalue weighted by Gasteiger charge is 2.29. The molecule has 102 valence electrons. The second-order valence-corrected chi connectivity index (χ2v) is 5.99. The highest BCUT2D eigenvalue weighted by atomic mass is 32.2. The topological polar surface area (TPSA) is 89.5 Å². The molecule has 7 heteroatoms. The molecule has 0 radical (unpaired) electrons. The second kappa shape index (κ2) is 4.04. The van der Waals surface area contributed by atoms with E-state index in [1.807, 2.05) is 0 Å². The second-order valence-electron chi connectivity index (χ2n) is 4.41. The minimum Gasteiger partial charge on any atom is -0.382 e. The summed E-state index contributed by atoms with van der Waals surface area (Å²) in [4.78, 5) is 23.8. The summed E-state index contributed by atoms with van der Waals surface area (Å²) in [7, 11) is -3.77. The van der Waals surface area contributed by atoms with E-state index in [9.17, 15) is 18.0 Å². The van der Waals surface area contributed by atoms with Crippen molar-refractivity contribution >= 4 is 32.7 Å². The van der Waals surface area contributed by atoms with Gasteiger partial charge in [-0.15, -0.1) is 0 Å². The Kier molecular flexibility index (Phi) is 2.55. The molecule has 0 unspecified atom stereocenters. The van der Waals surface area contributed by atoms with Crippen molar-refractivity contribution in [1.29, 1.82) is 0 Å². The molecule has 1 aliphatic heterocycles. The number of nitrogens with one attached hydrogen (secondary N) is 1. The predicted octanol–water partition coefficient (Wildman–Crippen LogP) is 1.06. The molecule has 0 spiro atoms. The SMILES string of the molecule is CS(=O)(=O)Oc1ccc2cccc3c2c1C(=O)NC3=O. The highest BCUT2D eigenvalue weighted by molar-refractivity contribution is 7.86. The van der Waals surface area contributed by atoms with E-state index in [2.05, 4.69) is 5.32 Å². The van der Waals surface area contributed by atoms with Crippen LogP contribution in [-0.2, 0) is 10.1 Å². The fourth-order valence-corrected chi connectivity index (χ4v) is 2.71. The number of carbonyl (C=O) groups is 2. The van der Waals surface area contributed by atoms with Crippen LogP contribution in [0.3, 0.4) is 0 Å². The first kappa shape index (κ1) is 12.6. The van der Waals surface area contributed by atoms with Gasteiger partial charge in [0.2, 0.25) is 0 Å². The Labute approximate surface area is 114 Å². The fourth-order valence-electron chi connectivity index (χ4n) is 2.24. The average Bonchev–Trinajstić information content (AvgIpc) is 2.34. The van der Waals surface area contributed by atoms with Gasteiger partial charge in [-0.25, -0.2) is 0 Å². The highest BCUT2D eigenvalue weighted by Crippen LogP contribution is 2.33. The molecule has 0 saturated heterocycles. The molecule has 2 aromatic rings. The van der Waals surface area contributed by atoms with E-state index in [1.54, 1.807) is 24.3 Å². The van der Waals surface area contributed by atoms with Crippen molar-refractivity contribution in [1.82, 2.24) is 5.32 Å². The van der Waals surface area contributed by atoms with Crippen molar-refractivity contribution in [3.05, 3.63) is 41.5 Å². The van der Waals surface area contributed by atoms with Crippen molar-refractivity contribution in [3.63, 3.8) is 0 Å². The zero-order chi connectivity index (χ0) is 14.5. The van der Waals surface area contributed by atoms with E-state index in [0.29, 0.717) is 16.3 Å². The molecule has 1 heterocycles. The van der Waals surface area contributed by atoms with Crippen molar-refractivity contribution in [2.75, 3.05) is 6.26 Å². The van der Waals surface area contributed by atoms with Gasteiger partial charge in [-0.1, -0.05) is 18.2 Å². The number of rotatable bonds is 2. The molecule has 0 atom stereocenters. The molecule has 1 aliphatic rings. The zero-order valence-corrected chi connectivity index (χ0v) is 11.2. The summed E-state index contributed by atoms with van der Waals surface area (Å²) in [6, 6.07) is 8.00. The van der Waals surface area contributed by atoms with Gasteiger partial charge in [0.1, 0.15) is 0 Å². The van der Waals surface area contributed by atoms with Crippen LogP contribution < -0.4 is 9.50 Å². The Balaban J connectivity index is 2.40. The van der Waals surface area contributed by atoms with Crippen LogP contribution in [0.25, 0.3) is 10.8 Å². The predicted molar refractivity (Wildman–Crippen MR) is 71.2 cm³/mol. The third-order valence-electron chi connectivity index (χ3n) is 2.95. The maximum atomic E-state index is 12.0. The summed E-state index contributed by atoms with van der Waals surface area (Å²) in [5.74, 6) is -1.26. The Hall–Kier alpha value is -2.41. The van der Waals surface area contributed by atoms with Crippen LogP contribution in [0.15, 0.2) is 30.3 Å². The van der Waals surface area contributed by atoms with Crippen LogP contribution >= 0.6 is 0 Å². The first-order chi connectivity index (χ1) is 9.37. The van der Waals surface area contributed by atoms with Gasteiger partial charge >= 0.3 is 10.1 Å². The monoisotopic (exact) mass is 291 g/mol. The lowest BCUT2D eigenvalue weighted by molar-refractivity contribution is 0.0844. The van der Waals surface area contributed by atoms with E-state index in [1.165, 1.54) is 6.07 Å². The number of hydrogen-bond acceptors (Lipinski definition) is 5. The lowest BCUT2D eigenvalue weighted by Crippen LogP contribution is -2.35. The first-order valence-electron chi connectivity index (χ1n) is 5.68. The van der Waals surface area contributed by atoms with E-state index in [4.69, 9.17) is 4.18 Å². The number of carbonyl (C=O) groups excluding carboxylic acids is 2. The van der Waals surface area contributed by atoms with Gasteiger partial charge in [-0.2, -0.15) is 8.42 Å². The quantitative estimate of drug-likeness (QED) is 0.660. The standard InChI is InChI=1S/C13H9NO5S/c1-20(17,18)19-9-6-5-7-3-2-4-8-10(7)11(9)13(16)14-12(8)15/h2-6H,1H3,(H,14,15,16). The van der Waals surface area contributed by atoms with E-state index >= 15 is 0 Å². The Morgan fingerprint density at radius 2 is 1.80 bits per heavy atom. The Bertz CT molecular complexity index is 870. The third kappa shape index (κ3) is 1.92. The molecule has 0 fully saturated rings. The van der Waals surface area contributed by atoms with Gasteiger partial charge < -0.3 is 4.18 Å². The van der Waals surface area contributed by atoms with Gasteiger partial charge in [0, 0.05) is 10.9 Å². The van der Waals surface area contributed by atoms with Crippen LogP contribution in [0.1, 0.15) is 20.7 Å². The van der Waals surface area contributed by atoms with Gasteiger partial charge in [0.25, 0.3) is 11.8 Å². The molecule has 0 bridgehead atoms. The molecule has 0 aliphatic carbocycles. The van der Waals surface area contributed by atoms with Crippen molar-refractivity contribution in [3.8, 4) is 5.75 Å². The molecule has 1 N–H and O–H groups in total. The molecule has 2 aromatic carbocycles. The minimum atomic E-state index is -3.77. The first-order valence-corrected chi connectivity index (χ1v) is 7.49. The Morgan fingerprint density at radius 1 is 1.05 bits per heavy atom. The smallest absolute Gasteiger partial charge is 0.306 e. The summed E-state index contributed by atoms with van der Waals surface area (Å²) in [6.07, 6.45) is 0.891. The van der Waals surface area contributed by atoms with Crippen molar-refractivity contribution in [2.45, 2.75) is 0 Å². The number of amides is 2. The molecular weight excluding hydrogens is 282 g/mol.